The molecule has 0 atom stereocenters. The number of nitrogens with zero attached hydrogens (tertiary/aromatic N) is 3. The Labute approximate surface area is 161 Å². The third kappa shape index (κ3) is 3.28. The topological polar surface area (TPSA) is 55.2 Å². The Kier molecular flexibility index (Phi) is 4.81. The molecule has 0 bridgehead atoms. The highest BCUT2D eigenvalue weighted by Crippen LogP contribution is 2.28. The molecule has 1 aliphatic rings. The van der Waals surface area contributed by atoms with E-state index < -0.39 is 0 Å². The van der Waals surface area contributed by atoms with Gasteiger partial charge in [0, 0.05) is 18.8 Å². The maximum atomic E-state index is 12.8. The molecule has 6 heteroatoms. The fourth-order valence-corrected chi connectivity index (χ4v) is 4.23. The van der Waals surface area contributed by atoms with Gasteiger partial charge in [0.1, 0.15) is 0 Å². The van der Waals surface area contributed by atoms with Crippen LogP contribution in [0.5, 0.6) is 0 Å². The molecule has 1 aliphatic heterocycles. The molecule has 0 fully saturated rings. The summed E-state index contributed by atoms with van der Waals surface area (Å²) < 4.78 is 1.57. The molecule has 0 aliphatic carbocycles. The van der Waals surface area contributed by atoms with E-state index in [1.807, 2.05) is 41.3 Å². The van der Waals surface area contributed by atoms with Crippen molar-refractivity contribution in [3.05, 3.63) is 77.1 Å². The third-order valence-corrected chi connectivity index (χ3v) is 5.61. The number of benzene rings is 2. The standard InChI is InChI=1S/C21H19N3O2S/c1-2-12-24-20(26)16-8-4-5-9-17(16)22-21(24)27-14-19(25)23-13-11-15-7-3-6-10-18(15)23/h2-10H,1,11-14H2. The quantitative estimate of drug-likeness (QED) is 0.389. The zero-order valence-corrected chi connectivity index (χ0v) is 15.6. The van der Waals surface area contributed by atoms with E-state index in [-0.39, 0.29) is 17.2 Å². The number of carbonyl (C=O) groups excluding carboxylic acids is 1. The summed E-state index contributed by atoms with van der Waals surface area (Å²) in [6.45, 7) is 4.79. The molecule has 0 saturated heterocycles. The van der Waals surface area contributed by atoms with Crippen LogP contribution in [0.3, 0.4) is 0 Å². The first kappa shape index (κ1) is 17.5. The molecule has 27 heavy (non-hydrogen) atoms. The van der Waals surface area contributed by atoms with E-state index in [9.17, 15) is 9.59 Å². The Bertz CT molecular complexity index is 1090. The van der Waals surface area contributed by atoms with E-state index in [2.05, 4.69) is 17.6 Å². The Balaban J connectivity index is 1.60. The first-order valence-electron chi connectivity index (χ1n) is 8.80. The van der Waals surface area contributed by atoms with Crippen molar-refractivity contribution in [3.63, 3.8) is 0 Å². The van der Waals surface area contributed by atoms with Crippen LogP contribution in [0.4, 0.5) is 5.69 Å². The SMILES string of the molecule is C=CCn1c(SCC(=O)N2CCc3ccccc32)nc2ccccc2c1=O. The minimum Gasteiger partial charge on any atom is -0.311 e. The number of carbonyl (C=O) groups is 1. The van der Waals surface area contributed by atoms with Gasteiger partial charge in [-0.1, -0.05) is 48.2 Å². The first-order chi connectivity index (χ1) is 13.2. The monoisotopic (exact) mass is 377 g/mol. The zero-order valence-electron chi connectivity index (χ0n) is 14.8. The molecule has 0 N–H and O–H groups in total. The molecule has 4 rings (SSSR count). The lowest BCUT2D eigenvalue weighted by atomic mass is 10.2. The van der Waals surface area contributed by atoms with Gasteiger partial charge in [0.25, 0.3) is 5.56 Å². The molecular weight excluding hydrogens is 358 g/mol. The average Bonchev–Trinajstić information content (AvgIpc) is 3.13. The third-order valence-electron chi connectivity index (χ3n) is 4.65. The van der Waals surface area contributed by atoms with Crippen LogP contribution in [0.1, 0.15) is 5.56 Å². The average molecular weight is 377 g/mol. The van der Waals surface area contributed by atoms with Gasteiger partial charge in [-0.25, -0.2) is 4.98 Å². The lowest BCUT2D eigenvalue weighted by Crippen LogP contribution is -2.31. The maximum Gasteiger partial charge on any atom is 0.262 e. The highest BCUT2D eigenvalue weighted by Gasteiger charge is 2.24. The van der Waals surface area contributed by atoms with Crippen molar-refractivity contribution in [2.45, 2.75) is 18.1 Å². The van der Waals surface area contributed by atoms with Crippen LogP contribution < -0.4 is 10.5 Å². The predicted octanol–water partition coefficient (Wildman–Crippen LogP) is 3.26. The molecule has 3 aromatic rings. The van der Waals surface area contributed by atoms with Gasteiger partial charge >= 0.3 is 0 Å². The molecule has 0 unspecified atom stereocenters. The summed E-state index contributed by atoms with van der Waals surface area (Å²) in [4.78, 5) is 32.0. The summed E-state index contributed by atoms with van der Waals surface area (Å²) in [5.41, 5.74) is 2.72. The van der Waals surface area contributed by atoms with Gasteiger partial charge in [-0.15, -0.1) is 6.58 Å². The van der Waals surface area contributed by atoms with Gasteiger partial charge in [0.2, 0.25) is 5.91 Å². The van der Waals surface area contributed by atoms with Crippen molar-refractivity contribution in [2.75, 3.05) is 17.2 Å². The summed E-state index contributed by atoms with van der Waals surface area (Å²) in [5, 5.41) is 1.11. The molecule has 2 heterocycles. The van der Waals surface area contributed by atoms with Crippen LogP contribution in [-0.2, 0) is 17.8 Å². The number of fused-ring (bicyclic) bond motifs is 2. The van der Waals surface area contributed by atoms with Crippen LogP contribution in [-0.4, -0.2) is 27.8 Å². The van der Waals surface area contributed by atoms with E-state index in [1.54, 1.807) is 16.7 Å². The second-order valence-corrected chi connectivity index (χ2v) is 7.27. The number of hydrogen-bond acceptors (Lipinski definition) is 4. The summed E-state index contributed by atoms with van der Waals surface area (Å²) in [5.74, 6) is 0.258. The van der Waals surface area contributed by atoms with Crippen LogP contribution in [0.25, 0.3) is 10.9 Å². The van der Waals surface area contributed by atoms with Crippen molar-refractivity contribution in [1.82, 2.24) is 9.55 Å². The molecular formula is C21H19N3O2S. The minimum atomic E-state index is -0.109. The molecule has 5 nitrogen and oxygen atoms in total. The van der Waals surface area contributed by atoms with Crippen molar-refractivity contribution in [1.29, 1.82) is 0 Å². The van der Waals surface area contributed by atoms with Gasteiger partial charge in [-0.3, -0.25) is 14.2 Å². The van der Waals surface area contributed by atoms with Crippen LogP contribution in [0.15, 0.2) is 71.1 Å². The van der Waals surface area contributed by atoms with Crippen molar-refractivity contribution >= 4 is 34.3 Å². The van der Waals surface area contributed by atoms with Gasteiger partial charge in [-0.05, 0) is 30.2 Å². The minimum absolute atomic E-state index is 0.0255. The van der Waals surface area contributed by atoms with Crippen molar-refractivity contribution < 1.29 is 4.79 Å². The van der Waals surface area contributed by atoms with Gasteiger partial charge in [0.05, 0.1) is 16.7 Å². The summed E-state index contributed by atoms with van der Waals surface area (Å²) in [7, 11) is 0. The number of aromatic nitrogens is 2. The maximum absolute atomic E-state index is 12.8. The number of hydrogen-bond donors (Lipinski definition) is 0. The molecule has 1 aromatic heterocycles. The normalized spacial score (nSPS) is 13.0. The van der Waals surface area contributed by atoms with Crippen LogP contribution in [0.2, 0.25) is 0 Å². The number of thioether (sulfide) groups is 1. The highest BCUT2D eigenvalue weighted by atomic mass is 32.2. The lowest BCUT2D eigenvalue weighted by molar-refractivity contribution is -0.116. The fraction of sp³-hybridized carbons (Fsp3) is 0.190. The number of anilines is 1. The Morgan fingerprint density at radius 2 is 1.96 bits per heavy atom. The Morgan fingerprint density at radius 1 is 1.19 bits per heavy atom. The molecule has 2 aromatic carbocycles. The molecule has 136 valence electrons. The highest BCUT2D eigenvalue weighted by molar-refractivity contribution is 7.99. The van der Waals surface area contributed by atoms with Crippen molar-refractivity contribution in [3.8, 4) is 0 Å². The predicted molar refractivity (Wildman–Crippen MR) is 109 cm³/mol. The van der Waals surface area contributed by atoms with Gasteiger partial charge < -0.3 is 4.90 Å². The molecule has 0 spiro atoms. The van der Waals surface area contributed by atoms with E-state index in [0.717, 1.165) is 12.1 Å². The fourth-order valence-electron chi connectivity index (χ4n) is 3.35. The molecule has 0 radical (unpaired) electrons. The van der Waals surface area contributed by atoms with Crippen molar-refractivity contribution in [2.24, 2.45) is 0 Å². The zero-order chi connectivity index (χ0) is 18.8. The lowest BCUT2D eigenvalue weighted by Gasteiger charge is -2.17. The largest absolute Gasteiger partial charge is 0.311 e. The molecule has 1 amide bonds. The Hall–Kier alpha value is -2.86. The van der Waals surface area contributed by atoms with E-state index >= 15 is 0 Å². The molecule has 0 saturated carbocycles. The summed E-state index contributed by atoms with van der Waals surface area (Å²) in [6.07, 6.45) is 2.54. The van der Waals surface area contributed by atoms with E-state index in [0.29, 0.717) is 29.1 Å². The first-order valence-corrected chi connectivity index (χ1v) is 9.79. The Morgan fingerprint density at radius 3 is 2.81 bits per heavy atom. The number of amides is 1. The number of rotatable bonds is 5. The second kappa shape index (κ2) is 7.40. The van der Waals surface area contributed by atoms with Gasteiger partial charge in [-0.2, -0.15) is 0 Å². The number of para-hydroxylation sites is 2. The van der Waals surface area contributed by atoms with E-state index in [4.69, 9.17) is 0 Å². The number of allylic oxidation sites excluding steroid dienone is 1. The van der Waals surface area contributed by atoms with Gasteiger partial charge in [0.15, 0.2) is 5.16 Å². The van der Waals surface area contributed by atoms with Crippen LogP contribution >= 0.6 is 11.8 Å². The summed E-state index contributed by atoms with van der Waals surface area (Å²) >= 11 is 1.30. The smallest absolute Gasteiger partial charge is 0.262 e. The van der Waals surface area contributed by atoms with Crippen LogP contribution in [0, 0.1) is 0 Å². The second-order valence-electron chi connectivity index (χ2n) is 6.33. The van der Waals surface area contributed by atoms with E-state index in [1.165, 1.54) is 17.3 Å². The summed E-state index contributed by atoms with van der Waals surface area (Å²) in [6, 6.07) is 15.2.